The van der Waals surface area contributed by atoms with Crippen LogP contribution in [0.4, 0.5) is 0 Å². The summed E-state index contributed by atoms with van der Waals surface area (Å²) >= 11 is 0. The van der Waals surface area contributed by atoms with Crippen LogP contribution in [0.1, 0.15) is 29.4 Å². The highest BCUT2D eigenvalue weighted by atomic mass is 16.6. The number of nitrogens with zero attached hydrogens (tertiary/aromatic N) is 2. The van der Waals surface area contributed by atoms with Gasteiger partial charge >= 0.3 is 0 Å². The summed E-state index contributed by atoms with van der Waals surface area (Å²) in [7, 11) is 0. The topological polar surface area (TPSA) is 103 Å². The molecule has 1 amide bonds. The predicted octanol–water partition coefficient (Wildman–Crippen LogP) is -0.648. The van der Waals surface area contributed by atoms with Gasteiger partial charge in [0.15, 0.2) is 0 Å². The van der Waals surface area contributed by atoms with Gasteiger partial charge in [-0.05, 0) is 12.8 Å². The van der Waals surface area contributed by atoms with Crippen molar-refractivity contribution in [1.29, 1.82) is 0 Å². The second kappa shape index (κ2) is 3.72. The number of aromatic nitrogens is 2. The molecule has 1 heterocycles. The molecule has 2 rings (SSSR count). The molecule has 1 aliphatic carbocycles. The van der Waals surface area contributed by atoms with Gasteiger partial charge in [0.05, 0.1) is 0 Å². The highest BCUT2D eigenvalue weighted by Gasteiger charge is 2.25. The average Bonchev–Trinajstić information content (AvgIpc) is 2.83. The molecule has 76 valence electrons. The molecule has 1 aliphatic rings. The van der Waals surface area contributed by atoms with Crippen molar-refractivity contribution in [3.63, 3.8) is 0 Å². The third-order valence-corrected chi connectivity index (χ3v) is 1.79. The fraction of sp³-hybridized carbons (Fsp3) is 0.571. The van der Waals surface area contributed by atoms with Gasteiger partial charge in [-0.3, -0.25) is 9.63 Å². The summed E-state index contributed by atoms with van der Waals surface area (Å²) in [6, 6.07) is 0.273. The van der Waals surface area contributed by atoms with Crippen molar-refractivity contribution in [2.75, 3.05) is 0 Å². The van der Waals surface area contributed by atoms with E-state index < -0.39 is 0 Å². The zero-order valence-electron chi connectivity index (χ0n) is 7.40. The lowest BCUT2D eigenvalue weighted by Crippen LogP contribution is -2.26. The molecular formula is C7H10N4O3. The molecule has 1 aromatic rings. The lowest BCUT2D eigenvalue weighted by atomic mass is 10.5. The summed E-state index contributed by atoms with van der Waals surface area (Å²) < 4.78 is 4.70. The van der Waals surface area contributed by atoms with Gasteiger partial charge in [-0.1, -0.05) is 5.16 Å². The lowest BCUT2D eigenvalue weighted by Gasteiger charge is -1.95. The number of rotatable bonds is 4. The summed E-state index contributed by atoms with van der Waals surface area (Å²) in [6.45, 7) is 0.00368. The molecule has 0 spiro atoms. The number of carbonyl (C=O) groups excluding carboxylic acids is 1. The second-order valence-electron chi connectivity index (χ2n) is 3.07. The Morgan fingerprint density at radius 3 is 3.14 bits per heavy atom. The van der Waals surface area contributed by atoms with Crippen LogP contribution in [-0.4, -0.2) is 22.1 Å². The predicted molar refractivity (Wildman–Crippen MR) is 43.8 cm³/mol. The Morgan fingerprint density at radius 1 is 1.71 bits per heavy atom. The van der Waals surface area contributed by atoms with E-state index in [-0.39, 0.29) is 30.3 Å². The van der Waals surface area contributed by atoms with Gasteiger partial charge in [-0.2, -0.15) is 4.98 Å². The quantitative estimate of drug-likeness (QED) is 0.623. The van der Waals surface area contributed by atoms with Gasteiger partial charge in [-0.25, -0.2) is 5.90 Å². The second-order valence-corrected chi connectivity index (χ2v) is 3.07. The van der Waals surface area contributed by atoms with E-state index in [9.17, 15) is 4.79 Å². The molecular weight excluding hydrogens is 188 g/mol. The van der Waals surface area contributed by atoms with Crippen LogP contribution in [0, 0.1) is 0 Å². The van der Waals surface area contributed by atoms with Crippen LogP contribution in [0.2, 0.25) is 0 Å². The molecule has 0 bridgehead atoms. The Balaban J connectivity index is 1.96. The van der Waals surface area contributed by atoms with E-state index in [4.69, 9.17) is 10.4 Å². The van der Waals surface area contributed by atoms with E-state index in [2.05, 4.69) is 20.3 Å². The molecule has 0 saturated heterocycles. The summed E-state index contributed by atoms with van der Waals surface area (Å²) in [6.07, 6.45) is 2.03. The number of hydrogen-bond donors (Lipinski definition) is 2. The molecule has 14 heavy (non-hydrogen) atoms. The van der Waals surface area contributed by atoms with Crippen LogP contribution in [0.3, 0.4) is 0 Å². The van der Waals surface area contributed by atoms with Crippen LogP contribution in [0.25, 0.3) is 0 Å². The zero-order valence-corrected chi connectivity index (χ0v) is 7.40. The number of nitrogens with two attached hydrogens (primary N) is 1. The van der Waals surface area contributed by atoms with E-state index >= 15 is 0 Å². The van der Waals surface area contributed by atoms with Crippen molar-refractivity contribution in [3.05, 3.63) is 11.7 Å². The molecule has 1 aromatic heterocycles. The first-order chi connectivity index (χ1) is 6.79. The fourth-order valence-corrected chi connectivity index (χ4v) is 0.955. The molecule has 7 nitrogen and oxygen atoms in total. The van der Waals surface area contributed by atoms with E-state index in [1.165, 1.54) is 0 Å². The van der Waals surface area contributed by atoms with Gasteiger partial charge in [0.1, 0.15) is 6.61 Å². The van der Waals surface area contributed by atoms with Crippen molar-refractivity contribution in [2.24, 2.45) is 5.90 Å². The van der Waals surface area contributed by atoms with Crippen LogP contribution in [0.15, 0.2) is 4.52 Å². The van der Waals surface area contributed by atoms with Gasteiger partial charge in [0, 0.05) is 6.04 Å². The summed E-state index contributed by atoms with van der Waals surface area (Å²) in [5.74, 6) is 4.69. The number of nitrogens with one attached hydrogen (secondary N) is 1. The lowest BCUT2D eigenvalue weighted by molar-refractivity contribution is 0.0936. The first-order valence-corrected chi connectivity index (χ1v) is 4.24. The highest BCUT2D eigenvalue weighted by Crippen LogP contribution is 2.18. The van der Waals surface area contributed by atoms with E-state index in [0.717, 1.165) is 12.8 Å². The smallest absolute Gasteiger partial charge is 0.292 e. The normalized spacial score (nSPS) is 15.5. The summed E-state index contributed by atoms with van der Waals surface area (Å²) in [4.78, 5) is 19.4. The number of hydrogen-bond acceptors (Lipinski definition) is 6. The molecule has 0 aromatic carbocycles. The maximum absolute atomic E-state index is 11.3. The monoisotopic (exact) mass is 198 g/mol. The standard InChI is InChI=1S/C7H10N4O3/c8-13-3-5-10-6(11-14-5)7(12)9-4-1-2-4/h4H,1-3,8H2,(H,9,12). The van der Waals surface area contributed by atoms with Crippen LogP contribution in [-0.2, 0) is 11.4 Å². The number of carbonyl (C=O) groups is 1. The van der Waals surface area contributed by atoms with Crippen molar-refractivity contribution in [3.8, 4) is 0 Å². The minimum absolute atomic E-state index is 0.00368. The molecule has 0 unspecified atom stereocenters. The van der Waals surface area contributed by atoms with Crippen LogP contribution < -0.4 is 11.2 Å². The molecule has 0 aliphatic heterocycles. The average molecular weight is 198 g/mol. The SMILES string of the molecule is NOCc1nc(C(=O)NC2CC2)no1. The van der Waals surface area contributed by atoms with E-state index in [0.29, 0.717) is 0 Å². The minimum atomic E-state index is -0.320. The molecule has 7 heteroatoms. The third-order valence-electron chi connectivity index (χ3n) is 1.79. The van der Waals surface area contributed by atoms with Gasteiger partial charge in [-0.15, -0.1) is 0 Å². The van der Waals surface area contributed by atoms with Crippen molar-refractivity contribution in [2.45, 2.75) is 25.5 Å². The first-order valence-electron chi connectivity index (χ1n) is 4.24. The highest BCUT2D eigenvalue weighted by molar-refractivity contribution is 5.90. The van der Waals surface area contributed by atoms with E-state index in [1.807, 2.05) is 0 Å². The molecule has 0 radical (unpaired) electrons. The van der Waals surface area contributed by atoms with Gasteiger partial charge < -0.3 is 9.84 Å². The van der Waals surface area contributed by atoms with Crippen LogP contribution >= 0.6 is 0 Å². The Labute approximate surface area is 79.6 Å². The molecule has 1 fully saturated rings. The fourth-order valence-electron chi connectivity index (χ4n) is 0.955. The first kappa shape index (κ1) is 9.10. The Kier molecular flexibility index (Phi) is 2.42. The molecule has 0 atom stereocenters. The Morgan fingerprint density at radius 2 is 2.50 bits per heavy atom. The maximum Gasteiger partial charge on any atom is 0.292 e. The van der Waals surface area contributed by atoms with Gasteiger partial charge in [0.25, 0.3) is 17.6 Å². The molecule has 1 saturated carbocycles. The third kappa shape index (κ3) is 2.06. The zero-order chi connectivity index (χ0) is 9.97. The van der Waals surface area contributed by atoms with Gasteiger partial charge in [0.2, 0.25) is 0 Å². The summed E-state index contributed by atoms with van der Waals surface area (Å²) in [5, 5.41) is 6.21. The molecule has 3 N–H and O–H groups in total. The van der Waals surface area contributed by atoms with Crippen molar-refractivity contribution < 1.29 is 14.2 Å². The van der Waals surface area contributed by atoms with Crippen molar-refractivity contribution in [1.82, 2.24) is 15.5 Å². The minimum Gasteiger partial charge on any atom is -0.346 e. The van der Waals surface area contributed by atoms with Crippen molar-refractivity contribution >= 4 is 5.91 Å². The largest absolute Gasteiger partial charge is 0.346 e. The van der Waals surface area contributed by atoms with Crippen LogP contribution in [0.5, 0.6) is 0 Å². The van der Waals surface area contributed by atoms with E-state index in [1.54, 1.807) is 0 Å². The summed E-state index contributed by atoms with van der Waals surface area (Å²) in [5.41, 5.74) is 0. The Hall–Kier alpha value is -1.47. The Bertz CT molecular complexity index is 333. The number of amides is 1. The maximum atomic E-state index is 11.3.